The number of rotatable bonds is 6. The second-order valence-corrected chi connectivity index (χ2v) is 7.15. The van der Waals surface area contributed by atoms with Gasteiger partial charge in [-0.25, -0.2) is 19.9 Å². The first-order valence-electron chi connectivity index (χ1n) is 9.43. The molecule has 0 spiro atoms. The standard InChI is InChI=1S/C20H25N7/c1-26-15-21-12-18(26)13-27-8-5-16(6-9-27)10-17-11-20(24-14-23-17)25-19-4-2-3-7-22-19/h2-4,7,11-12,14-16H,5-6,8-10,13H2,1H3,(H,22,23,24,25). The van der Waals surface area contributed by atoms with Crippen LogP contribution in [-0.4, -0.2) is 42.5 Å². The van der Waals surface area contributed by atoms with Crippen LogP contribution < -0.4 is 5.32 Å². The molecular formula is C20H25N7. The molecule has 0 radical (unpaired) electrons. The van der Waals surface area contributed by atoms with Crippen LogP contribution in [0.1, 0.15) is 24.2 Å². The summed E-state index contributed by atoms with van der Waals surface area (Å²) in [5.41, 5.74) is 2.36. The third-order valence-electron chi connectivity index (χ3n) is 5.15. The zero-order valence-electron chi connectivity index (χ0n) is 15.6. The molecule has 0 aliphatic carbocycles. The molecule has 0 unspecified atom stereocenters. The number of piperidine rings is 1. The molecule has 0 atom stereocenters. The Morgan fingerprint density at radius 2 is 2.00 bits per heavy atom. The first-order chi connectivity index (χ1) is 13.3. The quantitative estimate of drug-likeness (QED) is 0.726. The molecule has 4 rings (SSSR count). The Kier molecular flexibility index (Phi) is 5.39. The zero-order chi connectivity index (χ0) is 18.5. The second kappa shape index (κ2) is 8.26. The summed E-state index contributed by atoms with van der Waals surface area (Å²) in [6.07, 6.45) is 10.6. The third kappa shape index (κ3) is 4.68. The number of imidazole rings is 1. The third-order valence-corrected chi connectivity index (χ3v) is 5.15. The van der Waals surface area contributed by atoms with E-state index in [2.05, 4.69) is 41.8 Å². The van der Waals surface area contributed by atoms with Crippen LogP contribution in [0.25, 0.3) is 0 Å². The number of likely N-dealkylation sites (tertiary alicyclic amines) is 1. The predicted octanol–water partition coefficient (Wildman–Crippen LogP) is 2.80. The Morgan fingerprint density at radius 3 is 2.74 bits per heavy atom. The SMILES string of the molecule is Cn1cncc1CN1CCC(Cc2cc(Nc3ccccn3)ncn2)CC1. The lowest BCUT2D eigenvalue weighted by Crippen LogP contribution is -2.34. The molecule has 1 saturated heterocycles. The minimum Gasteiger partial charge on any atom is -0.337 e. The lowest BCUT2D eigenvalue weighted by molar-refractivity contribution is 0.173. The van der Waals surface area contributed by atoms with Crippen molar-refractivity contribution in [2.24, 2.45) is 13.0 Å². The van der Waals surface area contributed by atoms with Crippen molar-refractivity contribution in [2.45, 2.75) is 25.8 Å². The van der Waals surface area contributed by atoms with E-state index in [4.69, 9.17) is 0 Å². The fraction of sp³-hybridized carbons (Fsp3) is 0.400. The highest BCUT2D eigenvalue weighted by atomic mass is 15.2. The second-order valence-electron chi connectivity index (χ2n) is 7.15. The zero-order valence-corrected chi connectivity index (χ0v) is 15.6. The van der Waals surface area contributed by atoms with Gasteiger partial charge in [0.15, 0.2) is 0 Å². The summed E-state index contributed by atoms with van der Waals surface area (Å²) >= 11 is 0. The first kappa shape index (κ1) is 17.6. The molecule has 27 heavy (non-hydrogen) atoms. The molecule has 1 N–H and O–H groups in total. The van der Waals surface area contributed by atoms with Gasteiger partial charge in [-0.1, -0.05) is 6.07 Å². The maximum absolute atomic E-state index is 4.47. The van der Waals surface area contributed by atoms with Crippen LogP contribution in [0.4, 0.5) is 11.6 Å². The van der Waals surface area contributed by atoms with Crippen LogP contribution in [0.2, 0.25) is 0 Å². The Hall–Kier alpha value is -2.80. The average Bonchev–Trinajstić information content (AvgIpc) is 3.09. The molecule has 0 bridgehead atoms. The van der Waals surface area contributed by atoms with E-state index in [1.807, 2.05) is 36.8 Å². The largest absolute Gasteiger partial charge is 0.337 e. The van der Waals surface area contributed by atoms with Crippen LogP contribution >= 0.6 is 0 Å². The van der Waals surface area contributed by atoms with Crippen LogP contribution in [0.15, 0.2) is 49.3 Å². The number of aryl methyl sites for hydroxylation is 1. The van der Waals surface area contributed by atoms with Crippen molar-refractivity contribution >= 4 is 11.6 Å². The summed E-state index contributed by atoms with van der Waals surface area (Å²) in [5, 5.41) is 3.24. The maximum Gasteiger partial charge on any atom is 0.135 e. The van der Waals surface area contributed by atoms with Gasteiger partial charge in [0.25, 0.3) is 0 Å². The van der Waals surface area contributed by atoms with Crippen LogP contribution in [0, 0.1) is 5.92 Å². The molecule has 0 saturated carbocycles. The van der Waals surface area contributed by atoms with E-state index in [0.717, 1.165) is 43.4 Å². The van der Waals surface area contributed by atoms with Gasteiger partial charge in [0.05, 0.1) is 12.0 Å². The van der Waals surface area contributed by atoms with Crippen molar-refractivity contribution in [3.8, 4) is 0 Å². The Morgan fingerprint density at radius 1 is 1.11 bits per heavy atom. The van der Waals surface area contributed by atoms with E-state index in [-0.39, 0.29) is 0 Å². The lowest BCUT2D eigenvalue weighted by atomic mass is 9.92. The van der Waals surface area contributed by atoms with Gasteiger partial charge in [0, 0.05) is 37.7 Å². The van der Waals surface area contributed by atoms with E-state index in [0.29, 0.717) is 5.92 Å². The van der Waals surface area contributed by atoms with Gasteiger partial charge in [-0.15, -0.1) is 0 Å². The Balaban J connectivity index is 1.30. The number of hydrogen-bond acceptors (Lipinski definition) is 6. The van der Waals surface area contributed by atoms with E-state index >= 15 is 0 Å². The highest BCUT2D eigenvalue weighted by Crippen LogP contribution is 2.23. The van der Waals surface area contributed by atoms with E-state index in [1.54, 1.807) is 12.5 Å². The van der Waals surface area contributed by atoms with Gasteiger partial charge in [-0.05, 0) is 50.4 Å². The number of aromatic nitrogens is 5. The van der Waals surface area contributed by atoms with Crippen LogP contribution in [0.3, 0.4) is 0 Å². The summed E-state index contributed by atoms with van der Waals surface area (Å²) in [6.45, 7) is 3.23. The summed E-state index contributed by atoms with van der Waals surface area (Å²) in [4.78, 5) is 19.8. The van der Waals surface area contributed by atoms with Gasteiger partial charge < -0.3 is 9.88 Å². The monoisotopic (exact) mass is 363 g/mol. The lowest BCUT2D eigenvalue weighted by Gasteiger charge is -2.31. The van der Waals surface area contributed by atoms with Crippen molar-refractivity contribution in [3.05, 3.63) is 60.7 Å². The Labute approximate surface area is 159 Å². The van der Waals surface area contributed by atoms with E-state index < -0.39 is 0 Å². The van der Waals surface area contributed by atoms with Gasteiger partial charge in [-0.2, -0.15) is 0 Å². The van der Waals surface area contributed by atoms with Crippen molar-refractivity contribution in [1.82, 2.24) is 29.4 Å². The molecule has 1 fully saturated rings. The van der Waals surface area contributed by atoms with Crippen molar-refractivity contribution in [3.63, 3.8) is 0 Å². The fourth-order valence-corrected chi connectivity index (χ4v) is 3.56. The molecule has 140 valence electrons. The number of nitrogens with zero attached hydrogens (tertiary/aromatic N) is 6. The number of pyridine rings is 1. The van der Waals surface area contributed by atoms with Crippen molar-refractivity contribution in [1.29, 1.82) is 0 Å². The van der Waals surface area contributed by atoms with Gasteiger partial charge in [0.2, 0.25) is 0 Å². The van der Waals surface area contributed by atoms with Crippen LogP contribution in [0.5, 0.6) is 0 Å². The van der Waals surface area contributed by atoms with Crippen molar-refractivity contribution in [2.75, 3.05) is 18.4 Å². The number of anilines is 2. The summed E-state index contributed by atoms with van der Waals surface area (Å²) in [7, 11) is 2.06. The topological polar surface area (TPSA) is 71.8 Å². The molecule has 3 aromatic rings. The molecule has 4 heterocycles. The minimum atomic E-state index is 0.672. The molecule has 3 aromatic heterocycles. The minimum absolute atomic E-state index is 0.672. The van der Waals surface area contributed by atoms with Crippen molar-refractivity contribution < 1.29 is 0 Å². The maximum atomic E-state index is 4.47. The predicted molar refractivity (Wildman–Crippen MR) is 104 cm³/mol. The summed E-state index contributed by atoms with van der Waals surface area (Å²) in [6, 6.07) is 7.82. The smallest absolute Gasteiger partial charge is 0.135 e. The Bertz CT molecular complexity index is 854. The summed E-state index contributed by atoms with van der Waals surface area (Å²) in [5.74, 6) is 2.27. The molecule has 1 aliphatic heterocycles. The molecule has 0 aromatic carbocycles. The molecule has 7 nitrogen and oxygen atoms in total. The van der Waals surface area contributed by atoms with Gasteiger partial charge in [0.1, 0.15) is 18.0 Å². The normalized spacial score (nSPS) is 15.7. The number of nitrogens with one attached hydrogen (secondary N) is 1. The van der Waals surface area contributed by atoms with E-state index in [1.165, 1.54) is 18.5 Å². The average molecular weight is 363 g/mol. The van der Waals surface area contributed by atoms with Gasteiger partial charge >= 0.3 is 0 Å². The molecular weight excluding hydrogens is 338 g/mol. The first-order valence-corrected chi connectivity index (χ1v) is 9.43. The summed E-state index contributed by atoms with van der Waals surface area (Å²) < 4.78 is 2.10. The number of hydrogen-bond donors (Lipinski definition) is 1. The highest BCUT2D eigenvalue weighted by molar-refractivity contribution is 5.50. The molecule has 0 amide bonds. The van der Waals surface area contributed by atoms with E-state index in [9.17, 15) is 0 Å². The molecule has 1 aliphatic rings. The fourth-order valence-electron chi connectivity index (χ4n) is 3.56. The van der Waals surface area contributed by atoms with Crippen LogP contribution in [-0.2, 0) is 20.0 Å². The van der Waals surface area contributed by atoms with Gasteiger partial charge in [-0.3, -0.25) is 4.90 Å². The molecule has 7 heteroatoms. The highest BCUT2D eigenvalue weighted by Gasteiger charge is 2.20.